The molecule has 0 radical (unpaired) electrons. The summed E-state index contributed by atoms with van der Waals surface area (Å²) in [6.07, 6.45) is 0. The van der Waals surface area contributed by atoms with Gasteiger partial charge in [0, 0.05) is 33.4 Å². The van der Waals surface area contributed by atoms with Crippen LogP contribution in [0.2, 0.25) is 0 Å². The van der Waals surface area contributed by atoms with E-state index in [1.165, 1.54) is 0 Å². The van der Waals surface area contributed by atoms with Gasteiger partial charge in [-0.2, -0.15) is 5.10 Å². The van der Waals surface area contributed by atoms with Crippen LogP contribution in [0.5, 0.6) is 11.5 Å². The first kappa shape index (κ1) is 20.0. The van der Waals surface area contributed by atoms with Gasteiger partial charge in [0.1, 0.15) is 17.2 Å². The minimum absolute atomic E-state index is 0.659. The number of fused-ring (bicyclic) bond motifs is 1. The van der Waals surface area contributed by atoms with Crippen molar-refractivity contribution in [2.24, 2.45) is 0 Å². The molecule has 5 nitrogen and oxygen atoms in total. The molecule has 0 aliphatic rings. The fourth-order valence-electron chi connectivity index (χ4n) is 4.24. The molecular weight excluding hydrogens is 374 g/mol. The number of aryl methyl sites for hydroxylation is 4. The van der Waals surface area contributed by atoms with Gasteiger partial charge in [-0.05, 0) is 82.6 Å². The third kappa shape index (κ3) is 3.20. The lowest BCUT2D eigenvalue weighted by atomic mass is 10.0. The summed E-state index contributed by atoms with van der Waals surface area (Å²) in [6, 6.07) is 14.2. The highest BCUT2D eigenvalue weighted by atomic mass is 16.5. The van der Waals surface area contributed by atoms with Gasteiger partial charge in [0.15, 0.2) is 0 Å². The first-order valence-corrected chi connectivity index (χ1v) is 10.2. The second kappa shape index (κ2) is 7.82. The number of aromatic nitrogens is 3. The van der Waals surface area contributed by atoms with Crippen molar-refractivity contribution in [1.29, 1.82) is 0 Å². The molecule has 2 aromatic heterocycles. The molecule has 4 aromatic rings. The van der Waals surface area contributed by atoms with Crippen molar-refractivity contribution in [3.05, 3.63) is 65.1 Å². The van der Waals surface area contributed by atoms with Crippen molar-refractivity contribution >= 4 is 10.8 Å². The van der Waals surface area contributed by atoms with Crippen molar-refractivity contribution in [2.45, 2.75) is 34.6 Å². The lowest BCUT2D eigenvalue weighted by Gasteiger charge is -2.14. The molecule has 2 aromatic carbocycles. The Morgan fingerprint density at radius 1 is 0.833 bits per heavy atom. The van der Waals surface area contributed by atoms with Crippen molar-refractivity contribution in [3.8, 4) is 28.4 Å². The van der Waals surface area contributed by atoms with Crippen molar-refractivity contribution in [1.82, 2.24) is 14.8 Å². The van der Waals surface area contributed by atoms with Crippen LogP contribution in [0.3, 0.4) is 0 Å². The molecule has 4 rings (SSSR count). The van der Waals surface area contributed by atoms with E-state index in [0.717, 1.165) is 61.9 Å². The Bertz CT molecular complexity index is 1220. The quantitative estimate of drug-likeness (QED) is 0.429. The average molecular weight is 402 g/mol. The molecule has 0 aliphatic carbocycles. The van der Waals surface area contributed by atoms with E-state index >= 15 is 0 Å². The van der Waals surface area contributed by atoms with Gasteiger partial charge in [0.25, 0.3) is 0 Å². The van der Waals surface area contributed by atoms with Crippen LogP contribution in [-0.4, -0.2) is 28.5 Å². The maximum absolute atomic E-state index is 5.67. The fourth-order valence-corrected chi connectivity index (χ4v) is 4.24. The molecule has 0 amide bonds. The Hall–Kier alpha value is -3.34. The molecule has 0 saturated carbocycles. The number of methoxy groups -OCH3 is 1. The molecule has 0 aliphatic heterocycles. The summed E-state index contributed by atoms with van der Waals surface area (Å²) in [7, 11) is 1.67. The predicted octanol–water partition coefficient (Wildman–Crippen LogP) is 5.73. The zero-order valence-electron chi connectivity index (χ0n) is 18.4. The van der Waals surface area contributed by atoms with Crippen LogP contribution in [0.25, 0.3) is 27.7 Å². The second-order valence-electron chi connectivity index (χ2n) is 7.50. The average Bonchev–Trinajstić information content (AvgIpc) is 3.01. The van der Waals surface area contributed by atoms with Crippen molar-refractivity contribution in [3.63, 3.8) is 0 Å². The Kier molecular flexibility index (Phi) is 5.20. The summed E-state index contributed by atoms with van der Waals surface area (Å²) in [6.45, 7) is 11.1. The summed E-state index contributed by atoms with van der Waals surface area (Å²) < 4.78 is 13.3. The minimum Gasteiger partial charge on any atom is -0.497 e. The van der Waals surface area contributed by atoms with Crippen LogP contribution in [0, 0.1) is 27.7 Å². The number of ether oxygens (including phenoxy) is 2. The monoisotopic (exact) mass is 401 g/mol. The Morgan fingerprint density at radius 2 is 1.50 bits per heavy atom. The topological polar surface area (TPSA) is 49.2 Å². The number of hydrogen-bond donors (Lipinski definition) is 0. The van der Waals surface area contributed by atoms with Gasteiger partial charge < -0.3 is 14.0 Å². The lowest BCUT2D eigenvalue weighted by molar-refractivity contribution is 0.340. The Labute approximate surface area is 177 Å². The summed E-state index contributed by atoms with van der Waals surface area (Å²) >= 11 is 0. The van der Waals surface area contributed by atoms with E-state index in [-0.39, 0.29) is 0 Å². The van der Waals surface area contributed by atoms with Crippen molar-refractivity contribution < 1.29 is 9.47 Å². The smallest absolute Gasteiger partial charge is 0.119 e. The van der Waals surface area contributed by atoms with Crippen LogP contribution >= 0.6 is 0 Å². The van der Waals surface area contributed by atoms with E-state index in [1.807, 2.05) is 44.2 Å². The van der Waals surface area contributed by atoms with Gasteiger partial charge in [-0.25, -0.2) is 0 Å². The largest absolute Gasteiger partial charge is 0.497 e. The zero-order chi connectivity index (χ0) is 21.4. The van der Waals surface area contributed by atoms with Gasteiger partial charge in [-0.3, -0.25) is 0 Å². The lowest BCUT2D eigenvalue weighted by Crippen LogP contribution is -2.02. The minimum atomic E-state index is 0.659. The molecule has 30 heavy (non-hydrogen) atoms. The molecule has 2 heterocycles. The van der Waals surface area contributed by atoms with Crippen LogP contribution in [0.4, 0.5) is 0 Å². The van der Waals surface area contributed by atoms with Crippen LogP contribution in [-0.2, 0) is 0 Å². The molecule has 0 bridgehead atoms. The molecule has 0 fully saturated rings. The standard InChI is InChI=1S/C25H27N3O2/c1-7-30-21-12-13-22(15(2)14-21)28-17(4)23-16(3)26-27-25(24(23)18(28)5)19-8-10-20(29-6)11-9-19/h8-14H,7H2,1-6H3. The van der Waals surface area contributed by atoms with E-state index in [2.05, 4.69) is 47.7 Å². The number of nitrogens with zero attached hydrogens (tertiary/aromatic N) is 3. The molecule has 0 unspecified atom stereocenters. The summed E-state index contributed by atoms with van der Waals surface area (Å²) in [5.41, 5.74) is 7.47. The van der Waals surface area contributed by atoms with E-state index in [1.54, 1.807) is 7.11 Å². The van der Waals surface area contributed by atoms with E-state index in [9.17, 15) is 0 Å². The van der Waals surface area contributed by atoms with Gasteiger partial charge in [0.2, 0.25) is 0 Å². The van der Waals surface area contributed by atoms with Gasteiger partial charge in [-0.15, -0.1) is 5.10 Å². The Balaban J connectivity index is 1.96. The van der Waals surface area contributed by atoms with Crippen LogP contribution < -0.4 is 9.47 Å². The highest BCUT2D eigenvalue weighted by molar-refractivity contribution is 6.00. The number of rotatable bonds is 5. The summed E-state index contributed by atoms with van der Waals surface area (Å²) in [4.78, 5) is 0. The maximum Gasteiger partial charge on any atom is 0.119 e. The zero-order valence-corrected chi connectivity index (χ0v) is 18.4. The second-order valence-corrected chi connectivity index (χ2v) is 7.50. The van der Waals surface area contributed by atoms with E-state index in [0.29, 0.717) is 6.61 Å². The highest BCUT2D eigenvalue weighted by Crippen LogP contribution is 2.37. The Morgan fingerprint density at radius 3 is 2.13 bits per heavy atom. The summed E-state index contributed by atoms with van der Waals surface area (Å²) in [5, 5.41) is 11.4. The fraction of sp³-hybridized carbons (Fsp3) is 0.280. The molecule has 0 saturated heterocycles. The third-order valence-electron chi connectivity index (χ3n) is 5.63. The molecule has 0 atom stereocenters. The summed E-state index contributed by atoms with van der Waals surface area (Å²) in [5.74, 6) is 1.72. The molecule has 0 N–H and O–H groups in total. The van der Waals surface area contributed by atoms with E-state index < -0.39 is 0 Å². The SMILES string of the molecule is CCOc1ccc(-n2c(C)c3c(C)nnc(-c4ccc(OC)cc4)c3c2C)c(C)c1. The maximum atomic E-state index is 5.67. The molecular formula is C25H27N3O2. The van der Waals surface area contributed by atoms with Gasteiger partial charge in [0.05, 0.1) is 19.4 Å². The van der Waals surface area contributed by atoms with Crippen LogP contribution in [0.1, 0.15) is 29.6 Å². The highest BCUT2D eigenvalue weighted by Gasteiger charge is 2.21. The first-order valence-electron chi connectivity index (χ1n) is 10.2. The van der Waals surface area contributed by atoms with Crippen LogP contribution in [0.15, 0.2) is 42.5 Å². The molecule has 5 heteroatoms. The third-order valence-corrected chi connectivity index (χ3v) is 5.63. The number of hydrogen-bond acceptors (Lipinski definition) is 4. The van der Waals surface area contributed by atoms with E-state index in [4.69, 9.17) is 9.47 Å². The van der Waals surface area contributed by atoms with Gasteiger partial charge >= 0.3 is 0 Å². The normalized spacial score (nSPS) is 11.1. The van der Waals surface area contributed by atoms with Crippen molar-refractivity contribution in [2.75, 3.05) is 13.7 Å². The van der Waals surface area contributed by atoms with Gasteiger partial charge in [-0.1, -0.05) is 0 Å². The molecule has 0 spiro atoms. The first-order chi connectivity index (χ1) is 14.5. The predicted molar refractivity (Wildman–Crippen MR) is 121 cm³/mol. The number of benzene rings is 2. The molecule has 154 valence electrons.